The fourth-order valence-electron chi connectivity index (χ4n) is 2.89. The molecule has 0 fully saturated rings. The first-order chi connectivity index (χ1) is 13.5. The fourth-order valence-corrected chi connectivity index (χ4v) is 2.89. The van der Waals surface area contributed by atoms with Crippen LogP contribution in [-0.4, -0.2) is 57.8 Å². The van der Waals surface area contributed by atoms with Gasteiger partial charge < -0.3 is 24.8 Å². The second kappa shape index (κ2) is 8.35. The minimum atomic E-state index is -2.24. The minimum absolute atomic E-state index is 0.253. The molecule has 4 atom stereocenters. The van der Waals surface area contributed by atoms with Crippen molar-refractivity contribution in [3.63, 3.8) is 0 Å². The number of aliphatic hydroxyl groups excluding tert-OH is 2. The molecule has 3 N–H and O–H groups in total. The van der Waals surface area contributed by atoms with Gasteiger partial charge in [-0.1, -0.05) is 36.4 Å². The fraction of sp³-hybridized carbons (Fsp3) is 0.238. The molecular formula is C21H20O7. The molecule has 0 unspecified atom stereocenters. The van der Waals surface area contributed by atoms with Crippen LogP contribution in [0.4, 0.5) is 0 Å². The van der Waals surface area contributed by atoms with E-state index >= 15 is 0 Å². The van der Waals surface area contributed by atoms with Crippen LogP contribution in [0, 0.1) is 0 Å². The van der Waals surface area contributed by atoms with Gasteiger partial charge in [-0.15, -0.1) is 0 Å². The van der Waals surface area contributed by atoms with E-state index in [0.717, 1.165) is 0 Å². The standard InChI is InChI=1S/C21H20O7/c22-13-21(26)17(28-20(25)15-9-5-2-6-10-15)12-11-16(18(21)23)27-19(24)14-7-3-1-4-8-14/h1-12,16-18,22-23,26H,13H2/t16-,17+,18+,21+/m1/s1. The molecule has 0 aromatic heterocycles. The quantitative estimate of drug-likeness (QED) is 0.522. The number of ether oxygens (including phenoxy) is 2. The number of carbonyl (C=O) groups is 2. The molecule has 1 aliphatic rings. The largest absolute Gasteiger partial charge is 0.452 e. The molecule has 0 saturated carbocycles. The van der Waals surface area contributed by atoms with Gasteiger partial charge in [0, 0.05) is 0 Å². The second-order valence-corrected chi connectivity index (χ2v) is 6.41. The van der Waals surface area contributed by atoms with Gasteiger partial charge in [0.2, 0.25) is 0 Å². The Morgan fingerprint density at radius 3 is 1.86 bits per heavy atom. The van der Waals surface area contributed by atoms with Crippen LogP contribution in [0.3, 0.4) is 0 Å². The average Bonchev–Trinajstić information content (AvgIpc) is 2.74. The Hall–Kier alpha value is -3.00. The lowest BCUT2D eigenvalue weighted by Gasteiger charge is -2.41. The highest BCUT2D eigenvalue weighted by atomic mass is 16.6. The Morgan fingerprint density at radius 2 is 1.36 bits per heavy atom. The third-order valence-electron chi connectivity index (χ3n) is 4.54. The van der Waals surface area contributed by atoms with Crippen molar-refractivity contribution in [1.29, 1.82) is 0 Å². The van der Waals surface area contributed by atoms with Crippen LogP contribution in [0.5, 0.6) is 0 Å². The van der Waals surface area contributed by atoms with Gasteiger partial charge in [-0.2, -0.15) is 0 Å². The summed E-state index contributed by atoms with van der Waals surface area (Å²) in [4.78, 5) is 24.5. The Labute approximate surface area is 161 Å². The van der Waals surface area contributed by atoms with Crippen molar-refractivity contribution in [3.8, 4) is 0 Å². The molecule has 7 heteroatoms. The van der Waals surface area contributed by atoms with Gasteiger partial charge in [-0.25, -0.2) is 9.59 Å². The summed E-state index contributed by atoms with van der Waals surface area (Å²) < 4.78 is 10.5. The van der Waals surface area contributed by atoms with Crippen molar-refractivity contribution >= 4 is 11.9 Å². The molecule has 0 saturated heterocycles. The van der Waals surface area contributed by atoms with Crippen molar-refractivity contribution in [2.45, 2.75) is 23.9 Å². The summed E-state index contributed by atoms with van der Waals surface area (Å²) in [6.07, 6.45) is -1.65. The maximum Gasteiger partial charge on any atom is 0.338 e. The van der Waals surface area contributed by atoms with Crippen LogP contribution in [0.2, 0.25) is 0 Å². The zero-order valence-electron chi connectivity index (χ0n) is 14.8. The first kappa shape index (κ1) is 19.8. The zero-order valence-corrected chi connectivity index (χ0v) is 14.8. The number of hydrogen-bond donors (Lipinski definition) is 3. The summed E-state index contributed by atoms with van der Waals surface area (Å²) in [6.45, 7) is -0.912. The van der Waals surface area contributed by atoms with Gasteiger partial charge in [0.1, 0.15) is 12.2 Å². The number of rotatable bonds is 5. The molecule has 0 radical (unpaired) electrons. The molecule has 2 aromatic rings. The molecule has 0 amide bonds. The molecule has 0 spiro atoms. The van der Waals surface area contributed by atoms with E-state index in [1.54, 1.807) is 48.5 Å². The van der Waals surface area contributed by atoms with Crippen molar-refractivity contribution in [2.24, 2.45) is 0 Å². The van der Waals surface area contributed by atoms with E-state index < -0.39 is 42.5 Å². The van der Waals surface area contributed by atoms with Crippen molar-refractivity contribution in [1.82, 2.24) is 0 Å². The summed E-state index contributed by atoms with van der Waals surface area (Å²) in [6, 6.07) is 16.3. The lowest BCUT2D eigenvalue weighted by molar-refractivity contribution is -0.183. The summed E-state index contributed by atoms with van der Waals surface area (Å²) in [5.74, 6) is -1.43. The Kier molecular flexibility index (Phi) is 5.89. The van der Waals surface area contributed by atoms with E-state index in [1.807, 2.05) is 0 Å². The van der Waals surface area contributed by atoms with Gasteiger partial charge in [0.15, 0.2) is 11.7 Å². The molecule has 2 aromatic carbocycles. The van der Waals surface area contributed by atoms with Gasteiger partial charge in [0.25, 0.3) is 0 Å². The average molecular weight is 384 g/mol. The zero-order chi connectivity index (χ0) is 20.1. The molecule has 28 heavy (non-hydrogen) atoms. The van der Waals surface area contributed by atoms with Crippen molar-refractivity contribution in [3.05, 3.63) is 83.9 Å². The first-order valence-electron chi connectivity index (χ1n) is 8.67. The van der Waals surface area contributed by atoms with E-state index in [2.05, 4.69) is 0 Å². The predicted molar refractivity (Wildman–Crippen MR) is 98.5 cm³/mol. The highest BCUT2D eigenvalue weighted by Crippen LogP contribution is 2.29. The van der Waals surface area contributed by atoms with Gasteiger partial charge in [-0.3, -0.25) is 0 Å². The highest BCUT2D eigenvalue weighted by Gasteiger charge is 2.51. The Balaban J connectivity index is 1.76. The molecule has 0 heterocycles. The second-order valence-electron chi connectivity index (χ2n) is 6.41. The number of carbonyl (C=O) groups excluding carboxylic acids is 2. The lowest BCUT2D eigenvalue weighted by atomic mass is 9.82. The molecule has 3 rings (SSSR count). The number of aliphatic hydroxyl groups is 3. The van der Waals surface area contributed by atoms with E-state index in [-0.39, 0.29) is 11.1 Å². The molecule has 0 bridgehead atoms. The van der Waals surface area contributed by atoms with Crippen molar-refractivity contribution in [2.75, 3.05) is 6.61 Å². The van der Waals surface area contributed by atoms with E-state index in [0.29, 0.717) is 0 Å². The van der Waals surface area contributed by atoms with Gasteiger partial charge in [0.05, 0.1) is 17.7 Å². The monoisotopic (exact) mass is 384 g/mol. The molecule has 7 nitrogen and oxygen atoms in total. The number of hydrogen-bond acceptors (Lipinski definition) is 7. The third kappa shape index (κ3) is 3.96. The predicted octanol–water partition coefficient (Wildman–Crippen LogP) is 1.09. The topological polar surface area (TPSA) is 113 Å². The van der Waals surface area contributed by atoms with Crippen molar-refractivity contribution < 1.29 is 34.4 Å². The van der Waals surface area contributed by atoms with Crippen LogP contribution in [-0.2, 0) is 9.47 Å². The number of esters is 2. The summed E-state index contributed by atoms with van der Waals surface area (Å²) in [5.41, 5.74) is -1.71. The van der Waals surface area contributed by atoms with E-state index in [4.69, 9.17) is 9.47 Å². The van der Waals surface area contributed by atoms with E-state index in [1.165, 1.54) is 24.3 Å². The van der Waals surface area contributed by atoms with Crippen LogP contribution in [0.1, 0.15) is 20.7 Å². The van der Waals surface area contributed by atoms with Crippen LogP contribution < -0.4 is 0 Å². The minimum Gasteiger partial charge on any atom is -0.452 e. The van der Waals surface area contributed by atoms with E-state index in [9.17, 15) is 24.9 Å². The summed E-state index contributed by atoms with van der Waals surface area (Å²) in [5, 5.41) is 30.9. The summed E-state index contributed by atoms with van der Waals surface area (Å²) >= 11 is 0. The maximum atomic E-state index is 12.3. The molecule has 1 aliphatic carbocycles. The summed E-state index contributed by atoms with van der Waals surface area (Å²) in [7, 11) is 0. The normalized spacial score (nSPS) is 26.5. The Bertz CT molecular complexity index is 850. The highest BCUT2D eigenvalue weighted by molar-refractivity contribution is 5.90. The lowest BCUT2D eigenvalue weighted by Crippen LogP contribution is -2.62. The van der Waals surface area contributed by atoms with Gasteiger partial charge >= 0.3 is 11.9 Å². The maximum absolute atomic E-state index is 12.3. The smallest absolute Gasteiger partial charge is 0.338 e. The third-order valence-corrected chi connectivity index (χ3v) is 4.54. The molecular weight excluding hydrogens is 364 g/mol. The SMILES string of the molecule is O=C(O[C@H]1C=C[C@@H](OC(=O)c2ccccc2)[C@H](O)[C@]1(O)CO)c1ccccc1. The Morgan fingerprint density at radius 1 is 0.857 bits per heavy atom. The van der Waals surface area contributed by atoms with Gasteiger partial charge in [-0.05, 0) is 36.4 Å². The van der Waals surface area contributed by atoms with Crippen LogP contribution in [0.15, 0.2) is 72.8 Å². The molecule has 146 valence electrons. The molecule has 0 aliphatic heterocycles. The van der Waals surface area contributed by atoms with Crippen LogP contribution >= 0.6 is 0 Å². The number of benzene rings is 2. The first-order valence-corrected chi connectivity index (χ1v) is 8.67. The van der Waals surface area contributed by atoms with Crippen LogP contribution in [0.25, 0.3) is 0 Å².